The predicted octanol–water partition coefficient (Wildman–Crippen LogP) is 5.70. The fourth-order valence-electron chi connectivity index (χ4n) is 1.66. The quantitative estimate of drug-likeness (QED) is 0.485. The van der Waals surface area contributed by atoms with Gasteiger partial charge in [-0.1, -0.05) is 39.5 Å². The van der Waals surface area contributed by atoms with Crippen molar-refractivity contribution in [2.75, 3.05) is 0 Å². The Morgan fingerprint density at radius 3 is 2.33 bits per heavy atom. The lowest BCUT2D eigenvalue weighted by Crippen LogP contribution is -1.91. The van der Waals surface area contributed by atoms with Crippen LogP contribution in [0.1, 0.15) is 5.56 Å². The first-order valence-corrected chi connectivity index (χ1v) is 8.28. The molecule has 0 N–H and O–H groups in total. The molecule has 0 aliphatic carbocycles. The van der Waals surface area contributed by atoms with Crippen LogP contribution in [-0.2, 0) is 0 Å². The lowest BCUT2D eigenvalue weighted by Gasteiger charge is -2.19. The summed E-state index contributed by atoms with van der Waals surface area (Å²) >= 11 is 10.4. The van der Waals surface area contributed by atoms with Gasteiger partial charge in [-0.3, -0.25) is 0 Å². The number of nitrogens with zero attached hydrogens (tertiary/aromatic N) is 1. The number of rotatable bonds is 0. The molecular weight excluding hydrogens is 394 g/mol. The standard InChI is InChI=1S/C13H5Br2NS2/c14-8-1-2-10-12(4-8)18-11-3-7(6-16)9(15)5-13(11)17-10/h1-5H. The highest BCUT2D eigenvalue weighted by Gasteiger charge is 2.19. The summed E-state index contributed by atoms with van der Waals surface area (Å²) in [7, 11) is 0. The molecule has 1 aliphatic rings. The third-order valence-electron chi connectivity index (χ3n) is 2.50. The fourth-order valence-corrected chi connectivity index (χ4v) is 5.06. The van der Waals surface area contributed by atoms with E-state index in [1.807, 2.05) is 12.1 Å². The van der Waals surface area contributed by atoms with Crippen LogP contribution in [0.25, 0.3) is 0 Å². The van der Waals surface area contributed by atoms with Gasteiger partial charge in [-0.25, -0.2) is 0 Å². The predicted molar refractivity (Wildman–Crippen MR) is 81.2 cm³/mol. The van der Waals surface area contributed by atoms with E-state index >= 15 is 0 Å². The van der Waals surface area contributed by atoms with E-state index < -0.39 is 0 Å². The second kappa shape index (κ2) is 4.93. The van der Waals surface area contributed by atoms with Crippen molar-refractivity contribution < 1.29 is 0 Å². The van der Waals surface area contributed by atoms with Gasteiger partial charge in [-0.2, -0.15) is 5.26 Å². The van der Waals surface area contributed by atoms with E-state index in [0.717, 1.165) is 13.8 Å². The van der Waals surface area contributed by atoms with E-state index in [1.54, 1.807) is 23.5 Å². The van der Waals surface area contributed by atoms with Crippen LogP contribution in [0.3, 0.4) is 0 Å². The summed E-state index contributed by atoms with van der Waals surface area (Å²) in [5.41, 5.74) is 0.681. The van der Waals surface area contributed by atoms with Crippen molar-refractivity contribution in [1.29, 1.82) is 5.26 Å². The molecule has 3 rings (SSSR count). The maximum absolute atomic E-state index is 9.06. The first-order valence-electron chi connectivity index (χ1n) is 5.06. The van der Waals surface area contributed by atoms with Gasteiger partial charge in [0.1, 0.15) is 6.07 Å². The van der Waals surface area contributed by atoms with Crippen molar-refractivity contribution in [2.24, 2.45) is 0 Å². The number of hydrogen-bond donors (Lipinski definition) is 0. The Labute approximate surface area is 130 Å². The van der Waals surface area contributed by atoms with Gasteiger partial charge < -0.3 is 0 Å². The van der Waals surface area contributed by atoms with Crippen LogP contribution in [0.2, 0.25) is 0 Å². The van der Waals surface area contributed by atoms with Crippen LogP contribution in [-0.4, -0.2) is 0 Å². The molecule has 0 saturated heterocycles. The fraction of sp³-hybridized carbons (Fsp3) is 0. The molecule has 0 bridgehead atoms. The third-order valence-corrected chi connectivity index (χ3v) is 6.16. The molecular formula is C13H5Br2NS2. The second-order valence-corrected chi connectivity index (χ2v) is 7.62. The van der Waals surface area contributed by atoms with Crippen LogP contribution in [0, 0.1) is 11.3 Å². The minimum atomic E-state index is 0.681. The highest BCUT2D eigenvalue weighted by atomic mass is 79.9. The average molecular weight is 399 g/mol. The minimum absolute atomic E-state index is 0.681. The summed E-state index contributed by atoms with van der Waals surface area (Å²) in [6, 6.07) is 12.5. The van der Waals surface area contributed by atoms with Crippen molar-refractivity contribution in [3.63, 3.8) is 0 Å². The molecule has 1 nitrogen and oxygen atoms in total. The number of hydrogen-bond acceptors (Lipinski definition) is 3. The highest BCUT2D eigenvalue weighted by molar-refractivity contribution is 9.10. The Morgan fingerprint density at radius 2 is 1.56 bits per heavy atom. The van der Waals surface area contributed by atoms with Crippen molar-refractivity contribution in [1.82, 2.24) is 0 Å². The molecule has 0 amide bonds. The largest absolute Gasteiger partial charge is 0.192 e. The Hall–Kier alpha value is -0.410. The Balaban J connectivity index is 2.11. The summed E-state index contributed by atoms with van der Waals surface area (Å²) in [6.45, 7) is 0. The summed E-state index contributed by atoms with van der Waals surface area (Å²) in [4.78, 5) is 4.83. The average Bonchev–Trinajstić information content (AvgIpc) is 2.36. The number of nitriles is 1. The van der Waals surface area contributed by atoms with Crippen molar-refractivity contribution in [3.05, 3.63) is 44.8 Å². The first kappa shape index (κ1) is 12.6. The van der Waals surface area contributed by atoms with Gasteiger partial charge >= 0.3 is 0 Å². The summed E-state index contributed by atoms with van der Waals surface area (Å²) in [5, 5.41) is 9.06. The van der Waals surface area contributed by atoms with Crippen LogP contribution < -0.4 is 0 Å². The molecule has 0 spiro atoms. The van der Waals surface area contributed by atoms with Gasteiger partial charge in [0.2, 0.25) is 0 Å². The topological polar surface area (TPSA) is 23.8 Å². The second-order valence-electron chi connectivity index (χ2n) is 3.69. The van der Waals surface area contributed by atoms with E-state index in [4.69, 9.17) is 5.26 Å². The van der Waals surface area contributed by atoms with Crippen LogP contribution in [0.5, 0.6) is 0 Å². The lowest BCUT2D eigenvalue weighted by molar-refractivity contribution is 1.14. The molecule has 0 aromatic heterocycles. The van der Waals surface area contributed by atoms with Crippen molar-refractivity contribution in [3.8, 4) is 6.07 Å². The molecule has 0 fully saturated rings. The van der Waals surface area contributed by atoms with Crippen LogP contribution in [0.15, 0.2) is 58.9 Å². The zero-order valence-corrected chi connectivity index (χ0v) is 13.7. The van der Waals surface area contributed by atoms with Gasteiger partial charge in [0.25, 0.3) is 0 Å². The zero-order chi connectivity index (χ0) is 12.7. The van der Waals surface area contributed by atoms with E-state index in [0.29, 0.717) is 5.56 Å². The van der Waals surface area contributed by atoms with E-state index in [1.165, 1.54) is 14.7 Å². The zero-order valence-electron chi connectivity index (χ0n) is 8.91. The Kier molecular flexibility index (Phi) is 3.46. The molecule has 0 unspecified atom stereocenters. The summed E-state index contributed by atoms with van der Waals surface area (Å²) in [5.74, 6) is 0. The first-order chi connectivity index (χ1) is 8.67. The molecule has 2 aromatic rings. The molecule has 5 heteroatoms. The number of fused-ring (bicyclic) bond motifs is 2. The van der Waals surface area contributed by atoms with E-state index in [2.05, 4.69) is 56.1 Å². The van der Waals surface area contributed by atoms with Gasteiger partial charge in [0.05, 0.1) is 5.56 Å². The minimum Gasteiger partial charge on any atom is -0.192 e. The monoisotopic (exact) mass is 397 g/mol. The normalized spacial score (nSPS) is 12.5. The molecule has 0 saturated carbocycles. The SMILES string of the molecule is N#Cc1cc2c(cc1Br)Sc1ccc(Br)cc1S2. The molecule has 1 aliphatic heterocycles. The number of halogens is 2. The van der Waals surface area contributed by atoms with Gasteiger partial charge in [-0.15, -0.1) is 0 Å². The molecule has 0 atom stereocenters. The van der Waals surface area contributed by atoms with Crippen LogP contribution >= 0.6 is 55.4 Å². The molecule has 1 heterocycles. The van der Waals surface area contributed by atoms with Crippen molar-refractivity contribution >= 4 is 55.4 Å². The maximum atomic E-state index is 9.06. The maximum Gasteiger partial charge on any atom is 0.100 e. The van der Waals surface area contributed by atoms with Gasteiger partial charge in [0, 0.05) is 28.5 Å². The molecule has 2 aromatic carbocycles. The van der Waals surface area contributed by atoms with E-state index in [9.17, 15) is 0 Å². The smallest absolute Gasteiger partial charge is 0.100 e. The molecule has 18 heavy (non-hydrogen) atoms. The third kappa shape index (κ3) is 2.23. The van der Waals surface area contributed by atoms with Gasteiger partial charge in [-0.05, 0) is 46.3 Å². The number of benzene rings is 2. The lowest BCUT2D eigenvalue weighted by atomic mass is 10.2. The van der Waals surface area contributed by atoms with E-state index in [-0.39, 0.29) is 0 Å². The summed E-state index contributed by atoms with van der Waals surface area (Å²) < 4.78 is 1.94. The van der Waals surface area contributed by atoms with Gasteiger partial charge in [0.15, 0.2) is 0 Å². The highest BCUT2D eigenvalue weighted by Crippen LogP contribution is 2.50. The van der Waals surface area contributed by atoms with Crippen molar-refractivity contribution in [2.45, 2.75) is 19.6 Å². The summed E-state index contributed by atoms with van der Waals surface area (Å²) in [6.07, 6.45) is 0. The van der Waals surface area contributed by atoms with Crippen LogP contribution in [0.4, 0.5) is 0 Å². The molecule has 0 radical (unpaired) electrons. The Morgan fingerprint density at radius 1 is 0.889 bits per heavy atom. The Bertz CT molecular complexity index is 692. The molecule has 88 valence electrons.